The maximum absolute atomic E-state index is 2.42. The van der Waals surface area contributed by atoms with Gasteiger partial charge >= 0.3 is 0 Å². The van der Waals surface area contributed by atoms with Gasteiger partial charge in [-0.1, -0.05) is 6.42 Å². The molecule has 0 bridgehead atoms. The molecule has 0 saturated carbocycles. The molecule has 1 heteroatoms. The molecular formula is C10H15N. The van der Waals surface area contributed by atoms with E-state index in [1.807, 2.05) is 0 Å². The normalized spacial score (nSPS) is 17.5. The van der Waals surface area contributed by atoms with Gasteiger partial charge < -0.3 is 4.57 Å². The minimum absolute atomic E-state index is 1.24. The molecule has 1 aliphatic heterocycles. The molecule has 0 spiro atoms. The third-order valence-corrected chi connectivity index (χ3v) is 2.45. The van der Waals surface area contributed by atoms with Crippen LogP contribution < -0.4 is 0 Å². The van der Waals surface area contributed by atoms with Crippen LogP contribution in [0.25, 0.3) is 0 Å². The molecule has 0 aliphatic carbocycles. The Morgan fingerprint density at radius 2 is 2.18 bits per heavy atom. The summed E-state index contributed by atoms with van der Waals surface area (Å²) < 4.78 is 2.42. The maximum Gasteiger partial charge on any atom is 0.0222 e. The number of hydrogen-bond donors (Lipinski definition) is 0. The molecule has 1 aromatic rings. The highest BCUT2D eigenvalue weighted by Gasteiger charge is 2.06. The first-order chi connectivity index (χ1) is 5.36. The van der Waals surface area contributed by atoms with Crippen molar-refractivity contribution in [1.82, 2.24) is 4.57 Å². The fourth-order valence-electron chi connectivity index (χ4n) is 1.90. The molecule has 2 heterocycles. The molecule has 0 saturated heterocycles. The van der Waals surface area contributed by atoms with Crippen molar-refractivity contribution in [1.29, 1.82) is 0 Å². The van der Waals surface area contributed by atoms with Gasteiger partial charge in [0.2, 0.25) is 0 Å². The number of fused-ring (bicyclic) bond motifs is 1. The minimum Gasteiger partial charge on any atom is -0.351 e. The van der Waals surface area contributed by atoms with Gasteiger partial charge in [0.1, 0.15) is 0 Å². The van der Waals surface area contributed by atoms with Crippen molar-refractivity contribution in [2.45, 2.75) is 39.2 Å². The molecule has 0 radical (unpaired) electrons. The van der Waals surface area contributed by atoms with E-state index in [0.717, 1.165) is 0 Å². The van der Waals surface area contributed by atoms with E-state index >= 15 is 0 Å². The van der Waals surface area contributed by atoms with Crippen molar-refractivity contribution < 1.29 is 0 Å². The van der Waals surface area contributed by atoms with Gasteiger partial charge in [0.05, 0.1) is 0 Å². The smallest absolute Gasteiger partial charge is 0.0222 e. The molecular weight excluding hydrogens is 134 g/mol. The van der Waals surface area contributed by atoms with Gasteiger partial charge in [-0.25, -0.2) is 0 Å². The number of rotatable bonds is 0. The second-order valence-electron chi connectivity index (χ2n) is 3.51. The van der Waals surface area contributed by atoms with Crippen molar-refractivity contribution in [3.63, 3.8) is 0 Å². The standard InChI is InChI=1S/C10H15N/c1-9-7-10-5-3-2-4-6-11(10)8-9/h7-8H,2-6H2,1H3. The van der Waals surface area contributed by atoms with Crippen LogP contribution in [0.1, 0.15) is 30.5 Å². The predicted molar refractivity (Wildman–Crippen MR) is 46.7 cm³/mol. The summed E-state index contributed by atoms with van der Waals surface area (Å²) in [4.78, 5) is 0. The van der Waals surface area contributed by atoms with Gasteiger partial charge in [-0.3, -0.25) is 0 Å². The zero-order chi connectivity index (χ0) is 7.68. The Balaban J connectivity index is 2.32. The summed E-state index contributed by atoms with van der Waals surface area (Å²) >= 11 is 0. The molecule has 1 aliphatic rings. The van der Waals surface area contributed by atoms with Crippen molar-refractivity contribution >= 4 is 0 Å². The Hall–Kier alpha value is -0.720. The molecule has 0 aromatic carbocycles. The van der Waals surface area contributed by atoms with Gasteiger partial charge in [0.15, 0.2) is 0 Å². The lowest BCUT2D eigenvalue weighted by molar-refractivity contribution is 0.635. The SMILES string of the molecule is Cc1cc2n(c1)CCCCC2. The molecule has 11 heavy (non-hydrogen) atoms. The van der Waals surface area contributed by atoms with Crippen LogP contribution >= 0.6 is 0 Å². The maximum atomic E-state index is 2.42. The fraction of sp³-hybridized carbons (Fsp3) is 0.600. The average Bonchev–Trinajstić information content (AvgIpc) is 2.17. The lowest BCUT2D eigenvalue weighted by Gasteiger charge is -2.01. The Morgan fingerprint density at radius 3 is 3.09 bits per heavy atom. The monoisotopic (exact) mass is 149 g/mol. The van der Waals surface area contributed by atoms with Crippen LogP contribution in [0, 0.1) is 6.92 Å². The van der Waals surface area contributed by atoms with Gasteiger partial charge in [-0.15, -0.1) is 0 Å². The molecule has 0 atom stereocenters. The number of nitrogens with zero attached hydrogens (tertiary/aromatic N) is 1. The number of aryl methyl sites for hydroxylation is 3. The van der Waals surface area contributed by atoms with Gasteiger partial charge in [-0.2, -0.15) is 0 Å². The Labute approximate surface area is 68.0 Å². The van der Waals surface area contributed by atoms with E-state index in [1.54, 1.807) is 5.69 Å². The van der Waals surface area contributed by atoms with Gasteiger partial charge in [0, 0.05) is 18.4 Å². The fourth-order valence-corrected chi connectivity index (χ4v) is 1.90. The summed E-state index contributed by atoms with van der Waals surface area (Å²) in [5.74, 6) is 0. The van der Waals surface area contributed by atoms with Crippen molar-refractivity contribution in [2.75, 3.05) is 0 Å². The summed E-state index contributed by atoms with van der Waals surface area (Å²) in [7, 11) is 0. The van der Waals surface area contributed by atoms with Crippen LogP contribution in [0.15, 0.2) is 12.3 Å². The van der Waals surface area contributed by atoms with Crippen molar-refractivity contribution in [2.24, 2.45) is 0 Å². The van der Waals surface area contributed by atoms with Crippen LogP contribution in [0.5, 0.6) is 0 Å². The van der Waals surface area contributed by atoms with Crippen LogP contribution in [0.2, 0.25) is 0 Å². The quantitative estimate of drug-likeness (QED) is 0.534. The summed E-state index contributed by atoms with van der Waals surface area (Å²) in [6.45, 7) is 3.42. The largest absolute Gasteiger partial charge is 0.351 e. The van der Waals surface area contributed by atoms with Crippen LogP contribution in [-0.4, -0.2) is 4.57 Å². The number of hydrogen-bond acceptors (Lipinski definition) is 0. The Morgan fingerprint density at radius 1 is 1.27 bits per heavy atom. The highest BCUT2D eigenvalue weighted by molar-refractivity contribution is 5.17. The van der Waals surface area contributed by atoms with Crippen LogP contribution in [0.3, 0.4) is 0 Å². The molecule has 0 unspecified atom stereocenters. The Kier molecular flexibility index (Phi) is 1.72. The zero-order valence-electron chi connectivity index (χ0n) is 7.14. The predicted octanol–water partition coefficient (Wildman–Crippen LogP) is 2.52. The summed E-state index contributed by atoms with van der Waals surface area (Å²) in [6, 6.07) is 2.32. The Bertz CT molecular complexity index is 224. The molecule has 60 valence electrons. The van der Waals surface area contributed by atoms with Gasteiger partial charge in [0.25, 0.3) is 0 Å². The van der Waals surface area contributed by atoms with Crippen LogP contribution in [0.4, 0.5) is 0 Å². The van der Waals surface area contributed by atoms with E-state index in [0.29, 0.717) is 0 Å². The third kappa shape index (κ3) is 1.32. The highest BCUT2D eigenvalue weighted by Crippen LogP contribution is 2.16. The summed E-state index contributed by atoms with van der Waals surface area (Å²) in [6.07, 6.45) is 7.71. The minimum atomic E-state index is 1.24. The highest BCUT2D eigenvalue weighted by atomic mass is 15.0. The lowest BCUT2D eigenvalue weighted by atomic mass is 10.2. The molecule has 0 N–H and O–H groups in total. The van der Waals surface area contributed by atoms with Gasteiger partial charge in [-0.05, 0) is 37.8 Å². The van der Waals surface area contributed by atoms with Crippen molar-refractivity contribution in [3.05, 3.63) is 23.5 Å². The van der Waals surface area contributed by atoms with E-state index in [2.05, 4.69) is 23.8 Å². The zero-order valence-corrected chi connectivity index (χ0v) is 7.14. The first-order valence-electron chi connectivity index (χ1n) is 4.52. The van der Waals surface area contributed by atoms with E-state index in [1.165, 1.54) is 37.8 Å². The first kappa shape index (κ1) is 6.96. The first-order valence-corrected chi connectivity index (χ1v) is 4.52. The number of aromatic nitrogens is 1. The molecule has 2 rings (SSSR count). The van der Waals surface area contributed by atoms with E-state index in [4.69, 9.17) is 0 Å². The van der Waals surface area contributed by atoms with Crippen LogP contribution in [-0.2, 0) is 13.0 Å². The van der Waals surface area contributed by atoms with E-state index < -0.39 is 0 Å². The molecule has 0 amide bonds. The second kappa shape index (κ2) is 2.72. The molecule has 1 aromatic heterocycles. The van der Waals surface area contributed by atoms with E-state index in [-0.39, 0.29) is 0 Å². The second-order valence-corrected chi connectivity index (χ2v) is 3.51. The summed E-state index contributed by atoms with van der Waals surface area (Å²) in [5.41, 5.74) is 2.96. The lowest BCUT2D eigenvalue weighted by Crippen LogP contribution is -1.96. The summed E-state index contributed by atoms with van der Waals surface area (Å²) in [5, 5.41) is 0. The molecule has 1 nitrogen and oxygen atoms in total. The van der Waals surface area contributed by atoms with E-state index in [9.17, 15) is 0 Å². The average molecular weight is 149 g/mol. The van der Waals surface area contributed by atoms with Crippen molar-refractivity contribution in [3.8, 4) is 0 Å². The third-order valence-electron chi connectivity index (χ3n) is 2.45. The topological polar surface area (TPSA) is 4.93 Å². The molecule has 0 fully saturated rings.